The van der Waals surface area contributed by atoms with Crippen LogP contribution in [0.25, 0.3) is 80.7 Å². The predicted molar refractivity (Wildman–Crippen MR) is 166 cm³/mol. The largest absolute Gasteiger partial charge is 0.455 e. The Morgan fingerprint density at radius 3 is 1.92 bits per heavy atom. The maximum atomic E-state index is 6.53. The molecule has 3 heterocycles. The fourth-order valence-corrected chi connectivity index (χ4v) is 7.51. The van der Waals surface area contributed by atoms with E-state index in [9.17, 15) is 0 Å². The van der Waals surface area contributed by atoms with Gasteiger partial charge in [-0.25, -0.2) is 0 Å². The molecule has 0 aliphatic carbocycles. The Morgan fingerprint density at radius 2 is 1.13 bits per heavy atom. The molecule has 0 N–H and O–H groups in total. The van der Waals surface area contributed by atoms with Crippen LogP contribution in [0.5, 0.6) is 0 Å². The van der Waals surface area contributed by atoms with Crippen LogP contribution in [0.15, 0.2) is 132 Å². The van der Waals surface area contributed by atoms with Gasteiger partial charge in [0.05, 0.1) is 11.0 Å². The van der Waals surface area contributed by atoms with Crippen LogP contribution in [-0.2, 0) is 0 Å². The number of para-hydroxylation sites is 4. The quantitative estimate of drug-likeness (QED) is 0.224. The molecule has 6 aromatic carbocycles. The van der Waals surface area contributed by atoms with Gasteiger partial charge in [0, 0.05) is 58.5 Å². The lowest BCUT2D eigenvalue weighted by Crippen LogP contribution is -1.95. The number of furan rings is 1. The van der Waals surface area contributed by atoms with Crippen molar-refractivity contribution in [1.82, 2.24) is 4.57 Å². The van der Waals surface area contributed by atoms with E-state index in [4.69, 9.17) is 4.42 Å². The van der Waals surface area contributed by atoms with Crippen molar-refractivity contribution in [2.75, 3.05) is 0 Å². The number of nitrogens with zero attached hydrogens (tertiary/aromatic N) is 1. The highest BCUT2D eigenvalue weighted by molar-refractivity contribution is 7.26. The number of benzene rings is 6. The number of fused-ring (bicyclic) bond motifs is 9. The number of hydrogen-bond donors (Lipinski definition) is 0. The van der Waals surface area contributed by atoms with Gasteiger partial charge in [-0.05, 0) is 36.4 Å². The van der Waals surface area contributed by atoms with Gasteiger partial charge in [0.15, 0.2) is 0 Å². The molecule has 182 valence electrons. The van der Waals surface area contributed by atoms with Crippen molar-refractivity contribution in [3.63, 3.8) is 0 Å². The average Bonchev–Trinajstić information content (AvgIpc) is 3.66. The third-order valence-corrected chi connectivity index (χ3v) is 9.22. The average molecular weight is 516 g/mol. The first-order valence-electron chi connectivity index (χ1n) is 13.2. The van der Waals surface area contributed by atoms with Crippen LogP contribution in [-0.4, -0.2) is 4.57 Å². The van der Waals surface area contributed by atoms with Crippen molar-refractivity contribution in [3.8, 4) is 16.8 Å². The van der Waals surface area contributed by atoms with Crippen LogP contribution >= 0.6 is 11.3 Å². The Bertz CT molecular complexity index is 2350. The fourth-order valence-electron chi connectivity index (χ4n) is 6.30. The molecule has 0 fully saturated rings. The lowest BCUT2D eigenvalue weighted by molar-refractivity contribution is 0.670. The zero-order chi connectivity index (χ0) is 25.5. The molecular formula is C36H21NOS. The van der Waals surface area contributed by atoms with Crippen LogP contribution in [0.3, 0.4) is 0 Å². The van der Waals surface area contributed by atoms with Crippen molar-refractivity contribution in [2.45, 2.75) is 0 Å². The zero-order valence-electron chi connectivity index (χ0n) is 20.9. The summed E-state index contributed by atoms with van der Waals surface area (Å²) in [6, 6.07) is 45.8. The molecule has 0 unspecified atom stereocenters. The van der Waals surface area contributed by atoms with Gasteiger partial charge in [-0.3, -0.25) is 0 Å². The SMILES string of the molecule is c1ccc2c(c1)oc1c(-c3cc(-n4c5ccccc5c5ccccc54)cc4c3sc3ccccc34)cccc12. The number of thiophene rings is 1. The van der Waals surface area contributed by atoms with Gasteiger partial charge >= 0.3 is 0 Å². The van der Waals surface area contributed by atoms with Gasteiger partial charge in [0.25, 0.3) is 0 Å². The van der Waals surface area contributed by atoms with Gasteiger partial charge in [0.1, 0.15) is 11.2 Å². The van der Waals surface area contributed by atoms with Crippen LogP contribution in [0.4, 0.5) is 0 Å². The topological polar surface area (TPSA) is 18.1 Å². The van der Waals surface area contributed by atoms with Gasteiger partial charge in [-0.15, -0.1) is 11.3 Å². The summed E-state index contributed by atoms with van der Waals surface area (Å²) in [6.07, 6.45) is 0. The molecular weight excluding hydrogens is 494 g/mol. The van der Waals surface area contributed by atoms with Gasteiger partial charge < -0.3 is 8.98 Å². The minimum atomic E-state index is 0.922. The second-order valence-corrected chi connectivity index (χ2v) is 11.2. The Balaban J connectivity index is 1.46. The minimum absolute atomic E-state index is 0.922. The lowest BCUT2D eigenvalue weighted by Gasteiger charge is -2.12. The van der Waals surface area contributed by atoms with Crippen LogP contribution in [0.1, 0.15) is 0 Å². The predicted octanol–water partition coefficient (Wildman–Crippen LogP) is 10.7. The summed E-state index contributed by atoms with van der Waals surface area (Å²) < 4.78 is 11.5. The summed E-state index contributed by atoms with van der Waals surface area (Å²) in [5, 5.41) is 7.41. The molecule has 0 bridgehead atoms. The van der Waals surface area contributed by atoms with E-state index in [-0.39, 0.29) is 0 Å². The monoisotopic (exact) mass is 515 g/mol. The molecule has 9 rings (SSSR count). The molecule has 0 saturated heterocycles. The van der Waals surface area contributed by atoms with Crippen LogP contribution in [0, 0.1) is 0 Å². The van der Waals surface area contributed by atoms with E-state index in [1.54, 1.807) is 0 Å². The Hall–Kier alpha value is -4.86. The third-order valence-electron chi connectivity index (χ3n) is 8.00. The second kappa shape index (κ2) is 7.83. The van der Waals surface area contributed by atoms with E-state index in [0.717, 1.165) is 33.2 Å². The normalized spacial score (nSPS) is 12.1. The second-order valence-electron chi connectivity index (χ2n) is 10.1. The van der Waals surface area contributed by atoms with Crippen LogP contribution < -0.4 is 0 Å². The molecule has 0 aliphatic rings. The first-order chi connectivity index (χ1) is 19.3. The Kier molecular flexibility index (Phi) is 4.24. The van der Waals surface area contributed by atoms with Gasteiger partial charge in [-0.1, -0.05) is 91.0 Å². The molecule has 0 aliphatic heterocycles. The standard InChI is InChI=1S/C36H21NOS/c1-5-16-31-23(10-1)24-11-2-6-17-32(24)37(31)22-20-29-26-13-4-8-19-34(26)39-36(29)30(21-22)28-15-9-14-27-25-12-3-7-18-33(25)38-35(27)28/h1-21H. The highest BCUT2D eigenvalue weighted by Gasteiger charge is 2.19. The van der Waals surface area contributed by atoms with Crippen molar-refractivity contribution in [1.29, 1.82) is 0 Å². The molecule has 0 saturated carbocycles. The van der Waals surface area contributed by atoms with Gasteiger partial charge in [-0.2, -0.15) is 0 Å². The van der Waals surface area contributed by atoms with E-state index in [1.165, 1.54) is 47.5 Å². The maximum absolute atomic E-state index is 6.53. The summed E-state index contributed by atoms with van der Waals surface area (Å²) in [5.74, 6) is 0. The first kappa shape index (κ1) is 21.1. The number of hydrogen-bond acceptors (Lipinski definition) is 2. The molecule has 0 atom stereocenters. The Morgan fingerprint density at radius 1 is 0.487 bits per heavy atom. The smallest absolute Gasteiger partial charge is 0.143 e. The van der Waals surface area contributed by atoms with Crippen molar-refractivity contribution < 1.29 is 4.42 Å². The summed E-state index contributed by atoms with van der Waals surface area (Å²) in [6.45, 7) is 0. The van der Waals surface area contributed by atoms with Crippen molar-refractivity contribution in [3.05, 3.63) is 127 Å². The van der Waals surface area contributed by atoms with E-state index in [2.05, 4.69) is 126 Å². The molecule has 0 radical (unpaired) electrons. The molecule has 9 aromatic rings. The molecule has 0 spiro atoms. The summed E-state index contributed by atoms with van der Waals surface area (Å²) >= 11 is 1.86. The van der Waals surface area contributed by atoms with Gasteiger partial charge in [0.2, 0.25) is 0 Å². The molecule has 0 amide bonds. The van der Waals surface area contributed by atoms with Crippen LogP contribution in [0.2, 0.25) is 0 Å². The highest BCUT2D eigenvalue weighted by Crippen LogP contribution is 2.45. The summed E-state index contributed by atoms with van der Waals surface area (Å²) in [4.78, 5) is 0. The first-order valence-corrected chi connectivity index (χ1v) is 14.0. The summed E-state index contributed by atoms with van der Waals surface area (Å²) in [5.41, 5.74) is 7.78. The van der Waals surface area contributed by atoms with Crippen molar-refractivity contribution in [2.24, 2.45) is 0 Å². The van der Waals surface area contributed by atoms with E-state index >= 15 is 0 Å². The minimum Gasteiger partial charge on any atom is -0.455 e. The molecule has 2 nitrogen and oxygen atoms in total. The van der Waals surface area contributed by atoms with E-state index in [1.807, 2.05) is 17.4 Å². The fraction of sp³-hybridized carbons (Fsp3) is 0. The summed E-state index contributed by atoms with van der Waals surface area (Å²) in [7, 11) is 0. The molecule has 3 aromatic heterocycles. The van der Waals surface area contributed by atoms with E-state index in [0.29, 0.717) is 0 Å². The zero-order valence-corrected chi connectivity index (χ0v) is 21.7. The Labute approximate surface area is 227 Å². The molecule has 39 heavy (non-hydrogen) atoms. The highest BCUT2D eigenvalue weighted by atomic mass is 32.1. The van der Waals surface area contributed by atoms with Crippen molar-refractivity contribution >= 4 is 75.3 Å². The lowest BCUT2D eigenvalue weighted by atomic mass is 9.99. The maximum Gasteiger partial charge on any atom is 0.143 e. The number of aromatic nitrogens is 1. The molecule has 3 heteroatoms. The van der Waals surface area contributed by atoms with E-state index < -0.39 is 0 Å². The third kappa shape index (κ3) is 2.91. The number of rotatable bonds is 2.